The molecular formula is C32H45N3O3. The molecule has 3 aliphatic rings. The van der Waals surface area contributed by atoms with Crippen LogP contribution in [0.5, 0.6) is 0 Å². The minimum atomic E-state index is -0.302. The number of aromatic nitrogens is 1. The first-order valence-electron chi connectivity index (χ1n) is 14.5. The fourth-order valence-corrected chi connectivity index (χ4v) is 8.55. The molecule has 1 aromatic heterocycles. The average Bonchev–Trinajstić information content (AvgIpc) is 3.26. The van der Waals surface area contributed by atoms with Crippen LogP contribution in [-0.2, 0) is 11.8 Å². The van der Waals surface area contributed by atoms with Gasteiger partial charge in [-0.25, -0.2) is 0 Å². The number of aliphatic hydroxyl groups excluding tert-OH is 1. The first kappa shape index (κ1) is 27.0. The molecule has 1 heterocycles. The van der Waals surface area contributed by atoms with Gasteiger partial charge in [-0.15, -0.1) is 0 Å². The molecule has 6 nitrogen and oxygen atoms in total. The number of hydrogen-bond donors (Lipinski definition) is 3. The Morgan fingerprint density at radius 2 is 1.87 bits per heavy atom. The molecule has 2 fully saturated rings. The molecule has 38 heavy (non-hydrogen) atoms. The van der Waals surface area contributed by atoms with E-state index in [2.05, 4.69) is 38.5 Å². The van der Waals surface area contributed by atoms with Crippen LogP contribution >= 0.6 is 0 Å². The second kappa shape index (κ2) is 10.2. The Bertz CT molecular complexity index is 1260. The zero-order valence-corrected chi connectivity index (χ0v) is 23.8. The summed E-state index contributed by atoms with van der Waals surface area (Å²) in [4.78, 5) is 25.1. The van der Waals surface area contributed by atoms with E-state index < -0.39 is 0 Å². The number of aryl methyl sites for hydroxylation is 1. The summed E-state index contributed by atoms with van der Waals surface area (Å²) in [6, 6.07) is 7.52. The molecule has 2 aromatic rings. The zero-order chi connectivity index (χ0) is 27.2. The van der Waals surface area contributed by atoms with E-state index in [0.717, 1.165) is 43.0 Å². The van der Waals surface area contributed by atoms with Gasteiger partial charge in [0.25, 0.3) is 5.91 Å². The third-order valence-corrected chi connectivity index (χ3v) is 10.7. The number of carbonyl (C=O) groups excluding carboxylic acids is 2. The lowest BCUT2D eigenvalue weighted by atomic mass is 9.43. The fourth-order valence-electron chi connectivity index (χ4n) is 8.55. The number of hydrogen-bond acceptors (Lipinski definition) is 3. The first-order chi connectivity index (χ1) is 18.0. The van der Waals surface area contributed by atoms with Crippen LogP contribution in [0.3, 0.4) is 0 Å². The molecule has 3 N–H and O–H groups in total. The van der Waals surface area contributed by atoms with E-state index in [1.54, 1.807) is 11.6 Å². The van der Waals surface area contributed by atoms with Crippen LogP contribution in [0.2, 0.25) is 0 Å². The van der Waals surface area contributed by atoms with Crippen LogP contribution in [0, 0.1) is 28.6 Å². The van der Waals surface area contributed by atoms with Crippen molar-refractivity contribution < 1.29 is 14.7 Å². The van der Waals surface area contributed by atoms with E-state index in [-0.39, 0.29) is 28.7 Å². The van der Waals surface area contributed by atoms with Gasteiger partial charge < -0.3 is 9.67 Å². The summed E-state index contributed by atoms with van der Waals surface area (Å²) in [5, 5.41) is 11.8. The summed E-state index contributed by atoms with van der Waals surface area (Å²) in [5.41, 5.74) is 10.1. The topological polar surface area (TPSA) is 83.4 Å². The highest BCUT2D eigenvalue weighted by molar-refractivity contribution is 5.98. The maximum absolute atomic E-state index is 12.6. The normalized spacial score (nSPS) is 30.5. The molecule has 5 rings (SSSR count). The van der Waals surface area contributed by atoms with Crippen LogP contribution in [0.25, 0.3) is 10.9 Å². The number of carbonyl (C=O) groups is 2. The van der Waals surface area contributed by atoms with Crippen LogP contribution in [0.4, 0.5) is 0 Å². The second-order valence-corrected chi connectivity index (χ2v) is 13.1. The lowest BCUT2D eigenvalue weighted by molar-refractivity contribution is -0.149. The van der Waals surface area contributed by atoms with Crippen LogP contribution < -0.4 is 10.9 Å². The van der Waals surface area contributed by atoms with Crippen LogP contribution in [-0.4, -0.2) is 27.6 Å². The quantitative estimate of drug-likeness (QED) is 0.332. The van der Waals surface area contributed by atoms with Crippen molar-refractivity contribution in [3.63, 3.8) is 0 Å². The predicted octanol–water partition coefficient (Wildman–Crippen LogP) is 6.05. The number of aliphatic hydroxyl groups is 1. The molecule has 0 unspecified atom stereocenters. The molecule has 2 saturated carbocycles. The van der Waals surface area contributed by atoms with Crippen LogP contribution in [0.15, 0.2) is 41.6 Å². The lowest BCUT2D eigenvalue weighted by Crippen LogP contribution is -2.56. The molecule has 2 amide bonds. The number of fused-ring (bicyclic) bond motifs is 4. The molecule has 0 aliphatic heterocycles. The minimum Gasteiger partial charge on any atom is -0.393 e. The minimum absolute atomic E-state index is 0.0241. The van der Waals surface area contributed by atoms with Crippen molar-refractivity contribution in [2.24, 2.45) is 35.6 Å². The number of nitrogens with zero attached hydrogens (tertiary/aromatic N) is 1. The molecular weight excluding hydrogens is 474 g/mol. The molecule has 0 spiro atoms. The van der Waals surface area contributed by atoms with E-state index in [1.807, 2.05) is 36.0 Å². The Hall–Kier alpha value is -2.60. The van der Waals surface area contributed by atoms with Gasteiger partial charge in [-0.2, -0.15) is 0 Å². The Labute approximate surface area is 227 Å². The Kier molecular flexibility index (Phi) is 7.23. The van der Waals surface area contributed by atoms with Gasteiger partial charge in [-0.1, -0.05) is 31.9 Å². The molecule has 0 saturated heterocycles. The van der Waals surface area contributed by atoms with Crippen LogP contribution in [0.1, 0.15) is 95.8 Å². The summed E-state index contributed by atoms with van der Waals surface area (Å²) in [6.45, 7) is 9.36. The first-order valence-corrected chi connectivity index (χ1v) is 14.5. The number of allylic oxidation sites excluding steroid dienone is 2. The van der Waals surface area contributed by atoms with E-state index >= 15 is 0 Å². The van der Waals surface area contributed by atoms with Crippen molar-refractivity contribution in [2.75, 3.05) is 0 Å². The number of hydrazine groups is 1. The van der Waals surface area contributed by atoms with Crippen molar-refractivity contribution in [3.05, 3.63) is 47.2 Å². The summed E-state index contributed by atoms with van der Waals surface area (Å²) in [6.07, 6.45) is 10.7. The zero-order valence-electron chi connectivity index (χ0n) is 23.8. The van der Waals surface area contributed by atoms with Gasteiger partial charge in [0, 0.05) is 36.1 Å². The highest BCUT2D eigenvalue weighted by Gasteiger charge is 2.58. The van der Waals surface area contributed by atoms with Crippen molar-refractivity contribution in [2.45, 2.75) is 91.6 Å². The maximum Gasteiger partial charge on any atom is 0.269 e. The van der Waals surface area contributed by atoms with Gasteiger partial charge >= 0.3 is 0 Å². The largest absolute Gasteiger partial charge is 0.393 e. The summed E-state index contributed by atoms with van der Waals surface area (Å²) < 4.78 is 2.01. The summed E-state index contributed by atoms with van der Waals surface area (Å²) in [5.74, 6) is 1.39. The van der Waals surface area contributed by atoms with E-state index in [4.69, 9.17) is 0 Å². The van der Waals surface area contributed by atoms with Crippen molar-refractivity contribution in [1.29, 1.82) is 0 Å². The molecule has 0 bridgehead atoms. The van der Waals surface area contributed by atoms with E-state index in [0.29, 0.717) is 29.7 Å². The standard InChI is InChI=1S/C32H45N3O3/c1-20-9-12-25-24(11-14-27-31(2,3)28(36)15-17-32(25,27)4)23(20)7-6-8-29(37)33-34-30(38)22-10-13-26-21(19-22)16-18-35(26)5/h10,13,16,18-19,24-25,27-28,36H,6-9,11-12,14-15,17H2,1-5H3,(H,33,37)(H,34,38)/t24-,25-,27-,28-,32+/m0/s1. The smallest absolute Gasteiger partial charge is 0.269 e. The molecule has 206 valence electrons. The van der Waals surface area contributed by atoms with Crippen molar-refractivity contribution in [3.8, 4) is 0 Å². The molecule has 5 atom stereocenters. The van der Waals surface area contributed by atoms with Gasteiger partial charge in [0.15, 0.2) is 0 Å². The summed E-state index contributed by atoms with van der Waals surface area (Å²) >= 11 is 0. The predicted molar refractivity (Wildman–Crippen MR) is 151 cm³/mol. The average molecular weight is 520 g/mol. The van der Waals surface area contributed by atoms with Gasteiger partial charge in [-0.3, -0.25) is 20.4 Å². The van der Waals surface area contributed by atoms with Gasteiger partial charge in [0.1, 0.15) is 0 Å². The van der Waals surface area contributed by atoms with Gasteiger partial charge in [0.05, 0.1) is 6.10 Å². The molecule has 6 heteroatoms. The third kappa shape index (κ3) is 4.70. The van der Waals surface area contributed by atoms with E-state index in [1.165, 1.54) is 24.8 Å². The number of rotatable bonds is 5. The Morgan fingerprint density at radius 1 is 1.08 bits per heavy atom. The molecule has 1 aromatic carbocycles. The lowest BCUT2D eigenvalue weighted by Gasteiger charge is -2.62. The SMILES string of the molecule is CC1=C(CCCC(=O)NNC(=O)c2ccc3c(ccn3C)c2)[C@@H]2CC[C@H]3C(C)(C)[C@@H](O)CC[C@]3(C)[C@H]2CC1. The highest BCUT2D eigenvalue weighted by Crippen LogP contribution is 2.64. The second-order valence-electron chi connectivity index (χ2n) is 13.1. The highest BCUT2D eigenvalue weighted by atomic mass is 16.3. The van der Waals surface area contributed by atoms with Crippen molar-refractivity contribution in [1.82, 2.24) is 15.4 Å². The Balaban J connectivity index is 1.15. The number of benzene rings is 1. The Morgan fingerprint density at radius 3 is 2.66 bits per heavy atom. The number of nitrogens with one attached hydrogen (secondary N) is 2. The maximum atomic E-state index is 12.6. The number of amides is 2. The third-order valence-electron chi connectivity index (χ3n) is 10.7. The van der Waals surface area contributed by atoms with E-state index in [9.17, 15) is 14.7 Å². The van der Waals surface area contributed by atoms with Gasteiger partial charge in [0.2, 0.25) is 5.91 Å². The van der Waals surface area contributed by atoms with Crippen molar-refractivity contribution >= 4 is 22.7 Å². The monoisotopic (exact) mass is 519 g/mol. The fraction of sp³-hybridized carbons (Fsp3) is 0.625. The summed E-state index contributed by atoms with van der Waals surface area (Å²) in [7, 11) is 1.97. The van der Waals surface area contributed by atoms with Gasteiger partial charge in [-0.05, 0) is 111 Å². The molecule has 3 aliphatic carbocycles. The molecule has 0 radical (unpaired) electrons.